The summed E-state index contributed by atoms with van der Waals surface area (Å²) in [6, 6.07) is 0. The third kappa shape index (κ3) is 1.71. The van der Waals surface area contributed by atoms with Crippen molar-refractivity contribution < 1.29 is 0 Å². The van der Waals surface area contributed by atoms with E-state index in [0.717, 1.165) is 49.1 Å². The molecule has 0 amide bonds. The van der Waals surface area contributed by atoms with Crippen LogP contribution in [-0.4, -0.2) is 16.7 Å². The molecule has 0 saturated heterocycles. The molecule has 4 saturated carbocycles. The summed E-state index contributed by atoms with van der Waals surface area (Å²) in [6.45, 7) is 2.14. The Morgan fingerprint density at radius 3 is 2.50 bits per heavy atom. The number of rotatable bonds is 2. The lowest BCUT2D eigenvalue weighted by molar-refractivity contribution is -0.0364. The van der Waals surface area contributed by atoms with Gasteiger partial charge in [-0.2, -0.15) is 5.10 Å². The normalized spacial score (nSPS) is 41.9. The first kappa shape index (κ1) is 11.8. The molecular weight excluding hydrogens is 246 g/mol. The predicted octanol–water partition coefficient (Wildman–Crippen LogP) is 2.67. The Bertz CT molecular complexity index is 490. The van der Waals surface area contributed by atoms with Gasteiger partial charge in [-0.05, 0) is 68.1 Å². The van der Waals surface area contributed by atoms with E-state index in [1.807, 2.05) is 0 Å². The molecule has 20 heavy (non-hydrogen) atoms. The van der Waals surface area contributed by atoms with Gasteiger partial charge in [0.25, 0.3) is 0 Å². The van der Waals surface area contributed by atoms with Crippen molar-refractivity contribution in [1.82, 2.24) is 15.5 Å². The van der Waals surface area contributed by atoms with Crippen molar-refractivity contribution in [2.75, 3.05) is 6.54 Å². The van der Waals surface area contributed by atoms with E-state index in [0.29, 0.717) is 0 Å². The van der Waals surface area contributed by atoms with Crippen molar-refractivity contribution in [3.8, 4) is 0 Å². The number of aromatic amines is 1. The minimum absolute atomic E-state index is 0.942. The van der Waals surface area contributed by atoms with Crippen LogP contribution in [0.5, 0.6) is 0 Å². The zero-order valence-electron chi connectivity index (χ0n) is 12.2. The third-order valence-corrected chi connectivity index (χ3v) is 6.74. The lowest BCUT2D eigenvalue weighted by Gasteiger charge is -2.54. The molecule has 0 radical (unpaired) electrons. The van der Waals surface area contributed by atoms with Crippen LogP contribution < -0.4 is 5.32 Å². The molecule has 0 aromatic carbocycles. The molecule has 1 aromatic heterocycles. The maximum Gasteiger partial charge on any atom is 0.0672 e. The van der Waals surface area contributed by atoms with E-state index >= 15 is 0 Å². The number of H-pyrrole nitrogens is 1. The number of hydrogen-bond acceptors (Lipinski definition) is 2. The van der Waals surface area contributed by atoms with Crippen molar-refractivity contribution in [1.29, 1.82) is 0 Å². The molecule has 2 N–H and O–H groups in total. The van der Waals surface area contributed by atoms with Gasteiger partial charge in [-0.15, -0.1) is 0 Å². The summed E-state index contributed by atoms with van der Waals surface area (Å²) in [5.41, 5.74) is 4.30. The second-order valence-corrected chi connectivity index (χ2v) is 7.85. The van der Waals surface area contributed by atoms with Crippen molar-refractivity contribution in [3.63, 3.8) is 0 Å². The molecule has 4 fully saturated rings. The summed E-state index contributed by atoms with van der Waals surface area (Å²) < 4.78 is 0. The molecule has 1 aliphatic heterocycles. The van der Waals surface area contributed by atoms with Gasteiger partial charge < -0.3 is 5.32 Å². The largest absolute Gasteiger partial charge is 0.312 e. The van der Waals surface area contributed by atoms with Crippen molar-refractivity contribution >= 4 is 0 Å². The van der Waals surface area contributed by atoms with Crippen molar-refractivity contribution in [2.45, 2.75) is 51.5 Å². The Labute approximate surface area is 120 Å². The molecule has 0 spiro atoms. The molecule has 5 aliphatic rings. The Morgan fingerprint density at radius 1 is 1.00 bits per heavy atom. The van der Waals surface area contributed by atoms with Crippen LogP contribution in [0.1, 0.15) is 49.1 Å². The summed E-state index contributed by atoms with van der Waals surface area (Å²) in [5, 5.41) is 11.5. The molecule has 0 unspecified atom stereocenters. The van der Waals surface area contributed by atoms with Gasteiger partial charge in [0, 0.05) is 30.8 Å². The fourth-order valence-corrected chi connectivity index (χ4v) is 6.05. The van der Waals surface area contributed by atoms with E-state index in [4.69, 9.17) is 0 Å². The zero-order valence-corrected chi connectivity index (χ0v) is 12.2. The molecule has 3 heteroatoms. The summed E-state index contributed by atoms with van der Waals surface area (Å²) >= 11 is 0. The zero-order chi connectivity index (χ0) is 13.1. The average Bonchev–Trinajstić information content (AvgIpc) is 2.85. The highest BCUT2D eigenvalue weighted by molar-refractivity contribution is 5.28. The molecule has 2 heterocycles. The molecule has 108 valence electrons. The Hall–Kier alpha value is -0.830. The number of aromatic nitrogens is 2. The summed E-state index contributed by atoms with van der Waals surface area (Å²) in [6.07, 6.45) is 10.1. The van der Waals surface area contributed by atoms with Gasteiger partial charge in [0.1, 0.15) is 0 Å². The number of fused-ring (bicyclic) bond motifs is 1. The summed E-state index contributed by atoms with van der Waals surface area (Å²) in [5.74, 6) is 5.16. The smallest absolute Gasteiger partial charge is 0.0672 e. The van der Waals surface area contributed by atoms with Crippen LogP contribution in [0.3, 0.4) is 0 Å². The third-order valence-electron chi connectivity index (χ3n) is 6.74. The quantitative estimate of drug-likeness (QED) is 0.868. The fraction of sp³-hybridized carbons (Fsp3) is 0.824. The molecule has 1 aromatic rings. The Kier molecular flexibility index (Phi) is 2.55. The summed E-state index contributed by atoms with van der Waals surface area (Å²) in [7, 11) is 0. The highest BCUT2D eigenvalue weighted by Gasteiger charge is 2.48. The Balaban J connectivity index is 1.40. The van der Waals surface area contributed by atoms with Gasteiger partial charge >= 0.3 is 0 Å². The van der Waals surface area contributed by atoms with E-state index in [1.54, 1.807) is 6.42 Å². The van der Waals surface area contributed by atoms with Gasteiger partial charge in [-0.3, -0.25) is 5.10 Å². The number of nitrogens with zero attached hydrogens (tertiary/aromatic N) is 1. The van der Waals surface area contributed by atoms with E-state index in [2.05, 4.69) is 15.5 Å². The molecular formula is C17H25N3. The molecule has 3 nitrogen and oxygen atoms in total. The van der Waals surface area contributed by atoms with Crippen LogP contribution in [0, 0.1) is 29.6 Å². The Morgan fingerprint density at radius 2 is 1.75 bits per heavy atom. The lowest BCUT2D eigenvalue weighted by Crippen LogP contribution is -2.45. The second kappa shape index (κ2) is 4.33. The van der Waals surface area contributed by atoms with Gasteiger partial charge in [0.15, 0.2) is 0 Å². The maximum absolute atomic E-state index is 4.68. The molecule has 4 bridgehead atoms. The first-order valence-electron chi connectivity index (χ1n) is 8.62. The molecule has 6 rings (SSSR count). The maximum atomic E-state index is 4.68. The molecule has 0 atom stereocenters. The van der Waals surface area contributed by atoms with Gasteiger partial charge in [0.2, 0.25) is 0 Å². The molecule has 4 aliphatic carbocycles. The van der Waals surface area contributed by atoms with Gasteiger partial charge in [0.05, 0.1) is 5.69 Å². The fourth-order valence-electron chi connectivity index (χ4n) is 6.05. The van der Waals surface area contributed by atoms with Crippen LogP contribution in [-0.2, 0) is 19.4 Å². The predicted molar refractivity (Wildman–Crippen MR) is 78.2 cm³/mol. The van der Waals surface area contributed by atoms with E-state index in [-0.39, 0.29) is 0 Å². The number of hydrogen-bond donors (Lipinski definition) is 2. The first-order valence-corrected chi connectivity index (χ1v) is 8.62. The summed E-state index contributed by atoms with van der Waals surface area (Å²) in [4.78, 5) is 0. The SMILES string of the molecule is C1Cc2[nH]nc(CC3C4CC5CC(C4)CC3C5)c2CN1. The van der Waals surface area contributed by atoms with Crippen LogP contribution in [0.15, 0.2) is 0 Å². The highest BCUT2D eigenvalue weighted by atomic mass is 15.1. The first-order chi connectivity index (χ1) is 9.87. The highest BCUT2D eigenvalue weighted by Crippen LogP contribution is 2.57. The van der Waals surface area contributed by atoms with Crippen molar-refractivity contribution in [2.24, 2.45) is 29.6 Å². The lowest BCUT2D eigenvalue weighted by atomic mass is 9.51. The standard InChI is InChI=1S/C17H25N3/c1-2-18-9-15-16(1)19-20-17(15)8-14-12-4-10-3-11(6-12)7-13(14)5-10/h10-14,18H,1-9H2,(H,19,20). The van der Waals surface area contributed by atoms with Crippen LogP contribution in [0.25, 0.3) is 0 Å². The van der Waals surface area contributed by atoms with Gasteiger partial charge in [-0.1, -0.05) is 0 Å². The monoisotopic (exact) mass is 271 g/mol. The number of nitrogens with one attached hydrogen (secondary N) is 2. The van der Waals surface area contributed by atoms with E-state index < -0.39 is 0 Å². The second-order valence-electron chi connectivity index (χ2n) is 7.85. The minimum atomic E-state index is 0.942. The van der Waals surface area contributed by atoms with Crippen LogP contribution in [0.2, 0.25) is 0 Å². The average molecular weight is 271 g/mol. The van der Waals surface area contributed by atoms with Crippen LogP contribution in [0.4, 0.5) is 0 Å². The van der Waals surface area contributed by atoms with Gasteiger partial charge in [-0.25, -0.2) is 0 Å². The van der Waals surface area contributed by atoms with Crippen molar-refractivity contribution in [3.05, 3.63) is 17.0 Å². The van der Waals surface area contributed by atoms with Crippen LogP contribution >= 0.6 is 0 Å². The van der Waals surface area contributed by atoms with E-state index in [1.165, 1.54) is 49.1 Å². The minimum Gasteiger partial charge on any atom is -0.312 e. The van der Waals surface area contributed by atoms with E-state index in [9.17, 15) is 0 Å². The topological polar surface area (TPSA) is 40.7 Å².